The predicted octanol–water partition coefficient (Wildman–Crippen LogP) is 5.16. The molecule has 31 heavy (non-hydrogen) atoms. The van der Waals surface area contributed by atoms with Gasteiger partial charge in [0.05, 0.1) is 5.56 Å². The van der Waals surface area contributed by atoms with Gasteiger partial charge in [-0.1, -0.05) is 54.6 Å². The summed E-state index contributed by atoms with van der Waals surface area (Å²) < 4.78 is 6.03. The smallest absolute Gasteiger partial charge is 0.335 e. The van der Waals surface area contributed by atoms with Crippen molar-refractivity contribution in [1.29, 1.82) is 0 Å². The number of aromatic carboxylic acids is 1. The Balaban J connectivity index is 1.44. The van der Waals surface area contributed by atoms with E-state index in [0.29, 0.717) is 6.61 Å². The van der Waals surface area contributed by atoms with Crippen molar-refractivity contribution in [1.82, 2.24) is 4.90 Å². The van der Waals surface area contributed by atoms with Crippen molar-refractivity contribution in [2.75, 3.05) is 13.1 Å². The maximum absolute atomic E-state index is 11.6. The third kappa shape index (κ3) is 3.99. The molecular weight excluding hydrogens is 386 g/mol. The molecule has 0 aliphatic carbocycles. The molecule has 2 aliphatic heterocycles. The minimum absolute atomic E-state index is 0.278. The summed E-state index contributed by atoms with van der Waals surface area (Å²) in [4.78, 5) is 14.1. The van der Waals surface area contributed by atoms with Gasteiger partial charge in [-0.3, -0.25) is 4.90 Å². The molecular formula is C27H25NO3. The van der Waals surface area contributed by atoms with Crippen LogP contribution < -0.4 is 4.74 Å². The quantitative estimate of drug-likeness (QED) is 0.644. The van der Waals surface area contributed by atoms with Crippen molar-refractivity contribution < 1.29 is 14.6 Å². The van der Waals surface area contributed by atoms with Gasteiger partial charge in [0.2, 0.25) is 0 Å². The van der Waals surface area contributed by atoms with Gasteiger partial charge in [0.25, 0.3) is 0 Å². The zero-order valence-electron chi connectivity index (χ0n) is 17.4. The monoisotopic (exact) mass is 411 g/mol. The van der Waals surface area contributed by atoms with Crippen LogP contribution in [0.25, 0.3) is 5.57 Å². The van der Waals surface area contributed by atoms with Crippen LogP contribution in [-0.4, -0.2) is 29.1 Å². The molecule has 0 bridgehead atoms. The van der Waals surface area contributed by atoms with E-state index in [0.717, 1.165) is 60.5 Å². The van der Waals surface area contributed by atoms with E-state index in [1.54, 1.807) is 18.2 Å². The Kier molecular flexibility index (Phi) is 5.31. The number of fused-ring (bicyclic) bond motifs is 3. The molecule has 156 valence electrons. The summed E-state index contributed by atoms with van der Waals surface area (Å²) in [5, 5.41) is 9.50. The molecule has 5 rings (SSSR count). The molecule has 0 atom stereocenters. The van der Waals surface area contributed by atoms with Crippen LogP contribution in [0.5, 0.6) is 5.75 Å². The van der Waals surface area contributed by atoms with Crippen molar-refractivity contribution >= 4 is 11.5 Å². The minimum atomic E-state index is -0.924. The van der Waals surface area contributed by atoms with Crippen LogP contribution in [0, 0.1) is 0 Å². The average molecular weight is 412 g/mol. The third-order valence-electron chi connectivity index (χ3n) is 6.21. The van der Waals surface area contributed by atoms with Crippen LogP contribution in [0.15, 0.2) is 72.8 Å². The molecule has 3 aromatic rings. The number of ether oxygens (including phenoxy) is 1. The molecule has 0 spiro atoms. The summed E-state index contributed by atoms with van der Waals surface area (Å²) >= 11 is 0. The lowest BCUT2D eigenvalue weighted by Crippen LogP contribution is -2.31. The molecule has 0 amide bonds. The second-order valence-electron chi connectivity index (χ2n) is 8.16. The molecule has 0 unspecified atom stereocenters. The van der Waals surface area contributed by atoms with Crippen LogP contribution in [0.3, 0.4) is 0 Å². The van der Waals surface area contributed by atoms with Crippen molar-refractivity contribution in [2.45, 2.75) is 26.0 Å². The second-order valence-corrected chi connectivity index (χ2v) is 8.16. The van der Waals surface area contributed by atoms with Gasteiger partial charge in [-0.05, 0) is 58.9 Å². The lowest BCUT2D eigenvalue weighted by Gasteiger charge is -2.28. The Morgan fingerprint density at radius 3 is 2.58 bits per heavy atom. The molecule has 4 heteroatoms. The first-order valence-electron chi connectivity index (χ1n) is 10.8. The minimum Gasteiger partial charge on any atom is -0.488 e. The van der Waals surface area contributed by atoms with E-state index in [1.165, 1.54) is 11.1 Å². The summed E-state index contributed by atoms with van der Waals surface area (Å²) in [6, 6.07) is 22.0. The fourth-order valence-corrected chi connectivity index (χ4v) is 4.57. The van der Waals surface area contributed by atoms with Gasteiger partial charge in [0.15, 0.2) is 0 Å². The number of rotatable bonds is 4. The summed E-state index contributed by atoms with van der Waals surface area (Å²) in [5.41, 5.74) is 7.31. The number of benzene rings is 3. The van der Waals surface area contributed by atoms with Gasteiger partial charge < -0.3 is 9.84 Å². The van der Waals surface area contributed by atoms with Crippen molar-refractivity contribution in [3.8, 4) is 5.75 Å². The van der Waals surface area contributed by atoms with Crippen molar-refractivity contribution in [3.63, 3.8) is 0 Å². The third-order valence-corrected chi connectivity index (χ3v) is 6.21. The summed E-state index contributed by atoms with van der Waals surface area (Å²) in [6.45, 7) is 3.50. The van der Waals surface area contributed by atoms with Gasteiger partial charge in [0.1, 0.15) is 12.4 Å². The van der Waals surface area contributed by atoms with E-state index in [-0.39, 0.29) is 5.56 Å². The second kappa shape index (κ2) is 8.40. The normalized spacial score (nSPS) is 16.6. The Labute approximate surface area is 182 Å². The zero-order chi connectivity index (χ0) is 21.2. The Morgan fingerprint density at radius 2 is 1.74 bits per heavy atom. The van der Waals surface area contributed by atoms with Gasteiger partial charge in [-0.15, -0.1) is 0 Å². The highest BCUT2D eigenvalue weighted by Gasteiger charge is 2.21. The van der Waals surface area contributed by atoms with Crippen LogP contribution in [0.2, 0.25) is 0 Å². The van der Waals surface area contributed by atoms with Crippen molar-refractivity contribution in [2.24, 2.45) is 0 Å². The van der Waals surface area contributed by atoms with Crippen LogP contribution in [0.1, 0.15) is 44.6 Å². The van der Waals surface area contributed by atoms with Gasteiger partial charge in [-0.25, -0.2) is 4.79 Å². The Hall–Kier alpha value is -3.37. The largest absolute Gasteiger partial charge is 0.488 e. The zero-order valence-corrected chi connectivity index (χ0v) is 17.4. The molecule has 1 N–H and O–H groups in total. The highest BCUT2D eigenvalue weighted by atomic mass is 16.5. The molecule has 0 fully saturated rings. The van der Waals surface area contributed by atoms with Gasteiger partial charge >= 0.3 is 5.97 Å². The first-order valence-corrected chi connectivity index (χ1v) is 10.8. The molecule has 4 nitrogen and oxygen atoms in total. The number of hydrogen-bond donors (Lipinski definition) is 1. The van der Waals surface area contributed by atoms with Gasteiger partial charge in [0, 0.05) is 25.2 Å². The lowest BCUT2D eigenvalue weighted by molar-refractivity contribution is 0.0697. The summed E-state index contributed by atoms with van der Waals surface area (Å²) in [6.07, 6.45) is 4.23. The average Bonchev–Trinajstić information content (AvgIpc) is 2.96. The molecule has 2 aliphatic rings. The fraction of sp³-hybridized carbons (Fsp3) is 0.222. The van der Waals surface area contributed by atoms with E-state index in [2.05, 4.69) is 47.4 Å². The Bertz CT molecular complexity index is 1160. The van der Waals surface area contributed by atoms with E-state index in [1.807, 2.05) is 12.1 Å². The molecule has 3 aromatic carbocycles. The fourth-order valence-electron chi connectivity index (χ4n) is 4.57. The van der Waals surface area contributed by atoms with Crippen molar-refractivity contribution in [3.05, 3.63) is 106 Å². The number of carboxylic acid groups (broad SMARTS) is 1. The topological polar surface area (TPSA) is 49.8 Å². The number of carboxylic acids is 1. The molecule has 0 saturated heterocycles. The number of carbonyl (C=O) groups is 1. The SMILES string of the molecule is O=C(O)c1ccc2c(c1)/C(=C\CCN1CCc3ccccc3C1)c1ccccc1CO2. The summed E-state index contributed by atoms with van der Waals surface area (Å²) in [5.74, 6) is -0.189. The van der Waals surface area contributed by atoms with Crippen LogP contribution in [0.4, 0.5) is 0 Å². The highest BCUT2D eigenvalue weighted by molar-refractivity contribution is 5.92. The highest BCUT2D eigenvalue weighted by Crippen LogP contribution is 2.37. The van der Waals surface area contributed by atoms with E-state index >= 15 is 0 Å². The summed E-state index contributed by atoms with van der Waals surface area (Å²) in [7, 11) is 0. The van der Waals surface area contributed by atoms with E-state index < -0.39 is 5.97 Å². The first-order chi connectivity index (χ1) is 15.2. The maximum atomic E-state index is 11.6. The molecule has 0 radical (unpaired) electrons. The molecule has 0 saturated carbocycles. The van der Waals surface area contributed by atoms with E-state index in [9.17, 15) is 9.90 Å². The Morgan fingerprint density at radius 1 is 0.968 bits per heavy atom. The first kappa shape index (κ1) is 19.6. The van der Waals surface area contributed by atoms with Crippen LogP contribution >= 0.6 is 0 Å². The number of nitrogens with zero attached hydrogens (tertiary/aromatic N) is 1. The van der Waals surface area contributed by atoms with Gasteiger partial charge in [-0.2, -0.15) is 0 Å². The molecule has 0 aromatic heterocycles. The lowest BCUT2D eigenvalue weighted by atomic mass is 9.92. The molecule has 2 heterocycles. The van der Waals surface area contributed by atoms with E-state index in [4.69, 9.17) is 4.74 Å². The number of hydrogen-bond acceptors (Lipinski definition) is 3. The predicted molar refractivity (Wildman–Crippen MR) is 121 cm³/mol. The standard InChI is InChI=1S/C27H25NO3/c29-27(30)20-11-12-26-25(16-20)24(23-9-4-3-8-22(23)18-31-26)10-5-14-28-15-13-19-6-1-2-7-21(19)17-28/h1-4,6-12,16H,5,13-15,17-18H2,(H,29,30)/b24-10-. The maximum Gasteiger partial charge on any atom is 0.335 e. The van der Waals surface area contributed by atoms with Crippen LogP contribution in [-0.2, 0) is 19.6 Å².